The van der Waals surface area contributed by atoms with E-state index in [4.69, 9.17) is 16.2 Å². The second kappa shape index (κ2) is 3.53. The summed E-state index contributed by atoms with van der Waals surface area (Å²) in [5.41, 5.74) is 9.93. The number of nitrogens with two attached hydrogens (primary N) is 2. The third-order valence-corrected chi connectivity index (χ3v) is 1.25. The highest BCUT2D eigenvalue weighted by Crippen LogP contribution is 2.05. The number of carbonyl (C=O) groups is 1. The summed E-state index contributed by atoms with van der Waals surface area (Å²) < 4.78 is 4.85. The number of carbonyl (C=O) groups excluding carboxylic acids is 1. The van der Waals surface area contributed by atoms with Gasteiger partial charge in [0.1, 0.15) is 5.60 Å². The molecule has 0 aromatic rings. The van der Waals surface area contributed by atoms with Crippen molar-refractivity contribution in [3.63, 3.8) is 0 Å². The maximum atomic E-state index is 10.4. The highest BCUT2D eigenvalue weighted by molar-refractivity contribution is 5.66. The maximum absolute atomic E-state index is 10.4. The molecule has 0 spiro atoms. The summed E-state index contributed by atoms with van der Waals surface area (Å²) in [5.74, 6) is -0.349. The van der Waals surface area contributed by atoms with Crippen molar-refractivity contribution >= 4 is 5.97 Å². The fourth-order valence-electron chi connectivity index (χ4n) is 0.514. The molecule has 0 heterocycles. The summed E-state index contributed by atoms with van der Waals surface area (Å²) in [4.78, 5) is 10.4. The van der Waals surface area contributed by atoms with Crippen LogP contribution in [0.3, 0.4) is 0 Å². The minimum atomic E-state index is -0.689. The molecule has 0 atom stereocenters. The van der Waals surface area contributed by atoms with Crippen LogP contribution in [0.4, 0.5) is 0 Å². The molecule has 0 aliphatic rings. The molecule has 0 aromatic heterocycles. The third kappa shape index (κ3) is 2.80. The van der Waals surface area contributed by atoms with Gasteiger partial charge in [-0.1, -0.05) is 0 Å². The van der Waals surface area contributed by atoms with Gasteiger partial charge in [-0.3, -0.25) is 4.79 Å². The normalized spacial score (nSPS) is 11.2. The predicted octanol–water partition coefficient (Wildman–Crippen LogP) is -0.774. The van der Waals surface area contributed by atoms with Crippen LogP contribution in [0.2, 0.25) is 0 Å². The lowest BCUT2D eigenvalue weighted by Gasteiger charge is -2.25. The lowest BCUT2D eigenvalue weighted by atomic mass is 10.1. The van der Waals surface area contributed by atoms with Crippen LogP contribution >= 0.6 is 0 Å². The summed E-state index contributed by atoms with van der Waals surface area (Å²) in [6.45, 7) is 3.55. The van der Waals surface area contributed by atoms with Gasteiger partial charge in [-0.25, -0.2) is 0 Å². The Morgan fingerprint density at radius 3 is 2.00 bits per heavy atom. The van der Waals surface area contributed by atoms with Crippen LogP contribution in [0.15, 0.2) is 0 Å². The van der Waals surface area contributed by atoms with Crippen molar-refractivity contribution in [2.75, 3.05) is 13.1 Å². The average Bonchev–Trinajstić information content (AvgIpc) is 1.87. The maximum Gasteiger partial charge on any atom is 0.303 e. The third-order valence-electron chi connectivity index (χ3n) is 1.25. The topological polar surface area (TPSA) is 78.3 Å². The Bertz CT molecular complexity index is 121. The fraction of sp³-hybridized carbons (Fsp3) is 0.833. The molecule has 4 N–H and O–H groups in total. The van der Waals surface area contributed by atoms with Gasteiger partial charge in [-0.05, 0) is 6.92 Å². The Balaban J connectivity index is 3.92. The van der Waals surface area contributed by atoms with E-state index in [0.717, 1.165) is 0 Å². The van der Waals surface area contributed by atoms with Gasteiger partial charge >= 0.3 is 5.97 Å². The van der Waals surface area contributed by atoms with Crippen LogP contribution in [0.1, 0.15) is 13.8 Å². The minimum absolute atomic E-state index is 0.253. The van der Waals surface area contributed by atoms with Crippen molar-refractivity contribution in [2.45, 2.75) is 19.4 Å². The molecular formula is C6H14N2O2. The van der Waals surface area contributed by atoms with Gasteiger partial charge in [-0.15, -0.1) is 0 Å². The van der Waals surface area contributed by atoms with E-state index < -0.39 is 5.60 Å². The highest BCUT2D eigenvalue weighted by atomic mass is 16.6. The van der Waals surface area contributed by atoms with Gasteiger partial charge < -0.3 is 16.2 Å². The number of hydrogen-bond donors (Lipinski definition) is 2. The highest BCUT2D eigenvalue weighted by Gasteiger charge is 2.23. The first-order valence-corrected chi connectivity index (χ1v) is 3.14. The lowest BCUT2D eigenvalue weighted by molar-refractivity contribution is -0.153. The van der Waals surface area contributed by atoms with Crippen LogP contribution in [-0.2, 0) is 9.53 Å². The summed E-state index contributed by atoms with van der Waals surface area (Å²) >= 11 is 0. The molecule has 4 nitrogen and oxygen atoms in total. The van der Waals surface area contributed by atoms with Gasteiger partial charge in [0.05, 0.1) is 0 Å². The van der Waals surface area contributed by atoms with Crippen LogP contribution in [-0.4, -0.2) is 24.7 Å². The zero-order chi connectivity index (χ0) is 8.20. The van der Waals surface area contributed by atoms with Gasteiger partial charge in [0, 0.05) is 20.0 Å². The molecule has 60 valence electrons. The van der Waals surface area contributed by atoms with E-state index in [0.29, 0.717) is 0 Å². The summed E-state index contributed by atoms with van der Waals surface area (Å²) in [5, 5.41) is 0. The summed E-state index contributed by atoms with van der Waals surface area (Å²) in [6.07, 6.45) is 0. The van der Waals surface area contributed by atoms with Gasteiger partial charge in [0.15, 0.2) is 0 Å². The Hall–Kier alpha value is -0.610. The molecule has 0 amide bonds. The molecule has 0 aromatic carbocycles. The molecule has 0 saturated heterocycles. The van der Waals surface area contributed by atoms with Crippen LogP contribution in [0.5, 0.6) is 0 Å². The molecule has 0 unspecified atom stereocenters. The number of rotatable bonds is 3. The molecule has 0 aliphatic carbocycles. The second-order valence-electron chi connectivity index (χ2n) is 2.45. The zero-order valence-corrected chi connectivity index (χ0v) is 6.39. The standard InChI is InChI=1S/C6H14N2O2/c1-5(9)10-6(2,3-7)4-8/h3-4,7-8H2,1-2H3. The molecule has 0 rings (SSSR count). The van der Waals surface area contributed by atoms with E-state index >= 15 is 0 Å². The summed E-state index contributed by atoms with van der Waals surface area (Å²) in [6, 6.07) is 0. The van der Waals surface area contributed by atoms with Crippen molar-refractivity contribution < 1.29 is 9.53 Å². The van der Waals surface area contributed by atoms with Gasteiger partial charge in [0.2, 0.25) is 0 Å². The van der Waals surface area contributed by atoms with E-state index in [1.165, 1.54) is 6.92 Å². The molecule has 0 aliphatic heterocycles. The molecule has 0 radical (unpaired) electrons. The van der Waals surface area contributed by atoms with Gasteiger partial charge in [-0.2, -0.15) is 0 Å². The SMILES string of the molecule is CC(=O)OC(C)(CN)CN. The monoisotopic (exact) mass is 146 g/mol. The van der Waals surface area contributed by atoms with Crippen molar-refractivity contribution in [3.05, 3.63) is 0 Å². The van der Waals surface area contributed by atoms with E-state index in [9.17, 15) is 4.79 Å². The van der Waals surface area contributed by atoms with Crippen LogP contribution in [0.25, 0.3) is 0 Å². The second-order valence-corrected chi connectivity index (χ2v) is 2.45. The largest absolute Gasteiger partial charge is 0.457 e. The molecule has 0 saturated carbocycles. The van der Waals surface area contributed by atoms with Crippen LogP contribution in [0, 0.1) is 0 Å². The van der Waals surface area contributed by atoms with Crippen molar-refractivity contribution in [1.82, 2.24) is 0 Å². The molecular weight excluding hydrogens is 132 g/mol. The average molecular weight is 146 g/mol. The van der Waals surface area contributed by atoms with E-state index in [1.54, 1.807) is 6.92 Å². The zero-order valence-electron chi connectivity index (χ0n) is 6.39. The minimum Gasteiger partial charge on any atom is -0.457 e. The first-order chi connectivity index (χ1) is 4.54. The first-order valence-electron chi connectivity index (χ1n) is 3.14. The Morgan fingerprint density at radius 2 is 1.90 bits per heavy atom. The smallest absolute Gasteiger partial charge is 0.303 e. The van der Waals surface area contributed by atoms with Crippen molar-refractivity contribution in [1.29, 1.82) is 0 Å². The molecule has 0 bridgehead atoms. The number of hydrogen-bond acceptors (Lipinski definition) is 4. The Kier molecular flexibility index (Phi) is 3.32. The van der Waals surface area contributed by atoms with E-state index in [1.807, 2.05) is 0 Å². The van der Waals surface area contributed by atoms with Gasteiger partial charge in [0.25, 0.3) is 0 Å². The quantitative estimate of drug-likeness (QED) is 0.512. The number of ether oxygens (including phenoxy) is 1. The molecule has 10 heavy (non-hydrogen) atoms. The van der Waals surface area contributed by atoms with E-state index in [-0.39, 0.29) is 19.1 Å². The number of esters is 1. The predicted molar refractivity (Wildman–Crippen MR) is 38.3 cm³/mol. The molecule has 4 heteroatoms. The van der Waals surface area contributed by atoms with Crippen molar-refractivity contribution in [2.24, 2.45) is 11.5 Å². The molecule has 0 fully saturated rings. The first kappa shape index (κ1) is 9.39. The lowest BCUT2D eigenvalue weighted by Crippen LogP contribution is -2.45. The Morgan fingerprint density at radius 1 is 1.50 bits per heavy atom. The Labute approximate surface area is 60.5 Å². The van der Waals surface area contributed by atoms with Crippen molar-refractivity contribution in [3.8, 4) is 0 Å². The van der Waals surface area contributed by atoms with Crippen LogP contribution < -0.4 is 11.5 Å². The summed E-state index contributed by atoms with van der Waals surface area (Å²) in [7, 11) is 0. The van der Waals surface area contributed by atoms with E-state index in [2.05, 4.69) is 0 Å². The fourth-order valence-corrected chi connectivity index (χ4v) is 0.514.